The van der Waals surface area contributed by atoms with Crippen LogP contribution in [0.2, 0.25) is 0 Å². The van der Waals surface area contributed by atoms with Crippen molar-refractivity contribution in [1.82, 2.24) is 18.8 Å². The van der Waals surface area contributed by atoms with Gasteiger partial charge in [0, 0.05) is 36.2 Å². The molecule has 0 bridgehead atoms. The Morgan fingerprint density at radius 1 is 0.750 bits per heavy atom. The van der Waals surface area contributed by atoms with Crippen molar-refractivity contribution in [3.63, 3.8) is 0 Å². The molecule has 0 saturated carbocycles. The van der Waals surface area contributed by atoms with E-state index in [2.05, 4.69) is 27.2 Å². The van der Waals surface area contributed by atoms with Crippen LogP contribution in [0.5, 0.6) is 0 Å². The van der Waals surface area contributed by atoms with Crippen LogP contribution in [0.4, 0.5) is 15.8 Å². The zero-order chi connectivity index (χ0) is 31.4. The van der Waals surface area contributed by atoms with Crippen LogP contribution >= 0.6 is 0 Å². The van der Waals surface area contributed by atoms with Gasteiger partial charge in [-0.3, -0.25) is 9.59 Å². The molecule has 0 unspecified atom stereocenters. The number of aliphatic hydroxyl groups is 1. The molecule has 0 aliphatic rings. The molecule has 2 amide bonds. The summed E-state index contributed by atoms with van der Waals surface area (Å²) in [5, 5.41) is 15.5. The number of nitrogens with one attached hydrogen (secondary N) is 2. The second-order valence-electron chi connectivity index (χ2n) is 10.7. The van der Waals surface area contributed by atoms with E-state index in [-0.39, 0.29) is 17.6 Å². The lowest BCUT2D eigenvalue weighted by molar-refractivity contribution is 0.0781. The molecule has 0 spiro atoms. The number of halogens is 1. The number of benzene rings is 2. The number of fused-ring (bicyclic) bond motifs is 2. The van der Waals surface area contributed by atoms with E-state index in [0.717, 1.165) is 22.4 Å². The number of para-hydroxylation sites is 1. The van der Waals surface area contributed by atoms with Gasteiger partial charge in [0.2, 0.25) is 0 Å². The van der Waals surface area contributed by atoms with Crippen molar-refractivity contribution >= 4 is 40.1 Å². The average Bonchev–Trinajstić information content (AvgIpc) is 3.63. The summed E-state index contributed by atoms with van der Waals surface area (Å²) in [6.45, 7) is 9.24. The van der Waals surface area contributed by atoms with Crippen LogP contribution in [0.25, 0.3) is 16.9 Å². The van der Waals surface area contributed by atoms with Crippen molar-refractivity contribution in [2.24, 2.45) is 0 Å². The maximum absolute atomic E-state index is 12.9. The van der Waals surface area contributed by atoms with Crippen molar-refractivity contribution in [3.8, 4) is 0 Å². The summed E-state index contributed by atoms with van der Waals surface area (Å²) in [4.78, 5) is 33.0. The maximum atomic E-state index is 12.9. The molecule has 0 aliphatic heterocycles. The second kappa shape index (κ2) is 12.3. The molecule has 0 aliphatic carbocycles. The lowest BCUT2D eigenvalue weighted by Gasteiger charge is -2.17. The van der Waals surface area contributed by atoms with Gasteiger partial charge >= 0.3 is 0 Å². The van der Waals surface area contributed by atoms with Crippen LogP contribution in [0.15, 0.2) is 110 Å². The number of carbonyl (C=O) groups is 2. The Balaban J connectivity index is 0.000000175. The number of aromatic nitrogens is 4. The fourth-order valence-electron chi connectivity index (χ4n) is 4.26. The third kappa shape index (κ3) is 7.05. The normalized spacial score (nSPS) is 11.1. The summed E-state index contributed by atoms with van der Waals surface area (Å²) >= 11 is 0. The summed E-state index contributed by atoms with van der Waals surface area (Å²) in [5.41, 5.74) is 4.94. The largest absolute Gasteiger partial charge is 0.386 e. The van der Waals surface area contributed by atoms with Crippen molar-refractivity contribution in [3.05, 3.63) is 139 Å². The van der Waals surface area contributed by atoms with E-state index in [1.165, 1.54) is 24.3 Å². The van der Waals surface area contributed by atoms with E-state index in [1.54, 1.807) is 53.4 Å². The predicted octanol–water partition coefficient (Wildman–Crippen LogP) is 6.57. The number of allylic oxidation sites excluding steroid dienone is 1. The van der Waals surface area contributed by atoms with Crippen LogP contribution in [0, 0.1) is 5.82 Å². The number of anilines is 2. The number of rotatable bonds is 6. The highest BCUT2D eigenvalue weighted by molar-refractivity contribution is 6.03. The average molecular weight is 591 g/mol. The van der Waals surface area contributed by atoms with Gasteiger partial charge in [-0.2, -0.15) is 0 Å². The highest BCUT2D eigenvalue weighted by atomic mass is 19.1. The molecule has 0 radical (unpaired) electrons. The van der Waals surface area contributed by atoms with Gasteiger partial charge in [0.05, 0.1) is 5.60 Å². The molecular formula is C34H31FN6O3. The highest BCUT2D eigenvalue weighted by Crippen LogP contribution is 2.21. The molecule has 4 aromatic heterocycles. The molecule has 3 N–H and O–H groups in total. The molecule has 2 aromatic carbocycles. The fourth-order valence-corrected chi connectivity index (χ4v) is 4.26. The molecule has 222 valence electrons. The Hall–Kier alpha value is -5.61. The van der Waals surface area contributed by atoms with Gasteiger partial charge in [0.25, 0.3) is 11.8 Å². The molecule has 0 saturated heterocycles. The van der Waals surface area contributed by atoms with Gasteiger partial charge in [0.1, 0.15) is 28.5 Å². The Kier molecular flexibility index (Phi) is 8.36. The lowest BCUT2D eigenvalue weighted by atomic mass is 10.0. The van der Waals surface area contributed by atoms with Crippen LogP contribution in [0.1, 0.15) is 52.9 Å². The topological polar surface area (TPSA) is 113 Å². The van der Waals surface area contributed by atoms with E-state index >= 15 is 0 Å². The van der Waals surface area contributed by atoms with E-state index in [1.807, 2.05) is 55.6 Å². The number of hydrogen-bond donors (Lipinski definition) is 3. The first-order valence-electron chi connectivity index (χ1n) is 13.8. The molecule has 6 aromatic rings. The second-order valence-corrected chi connectivity index (χ2v) is 10.7. The lowest BCUT2D eigenvalue weighted by Crippen LogP contribution is -2.15. The third-order valence-corrected chi connectivity index (χ3v) is 6.70. The zero-order valence-electron chi connectivity index (χ0n) is 24.5. The first-order chi connectivity index (χ1) is 21.0. The molecule has 9 nitrogen and oxygen atoms in total. The van der Waals surface area contributed by atoms with Gasteiger partial charge < -0.3 is 24.5 Å². The standard InChI is InChI=1S/C17H14FN3O.C17H17N3O2/c1-11(2)12-3-8-16-20-15(10-21(16)9-12)17(22)19-14-6-4-13(18)5-7-14;1-17(2,22)12-8-9-15-19-14(11-20(15)10-12)16(21)18-13-6-4-3-5-7-13/h3-10H,1H2,2H3,(H,19,22);3-11,22H,1-2H3,(H,18,21). The van der Waals surface area contributed by atoms with Crippen molar-refractivity contribution in [2.75, 3.05) is 10.6 Å². The summed E-state index contributed by atoms with van der Waals surface area (Å²) in [6.07, 6.45) is 6.96. The maximum Gasteiger partial charge on any atom is 0.275 e. The first-order valence-corrected chi connectivity index (χ1v) is 13.8. The van der Waals surface area contributed by atoms with Crippen molar-refractivity contribution < 1.29 is 19.1 Å². The molecular weight excluding hydrogens is 559 g/mol. The Labute approximate surface area is 253 Å². The Bertz CT molecular complexity index is 1970. The van der Waals surface area contributed by atoms with Crippen LogP contribution in [-0.4, -0.2) is 35.7 Å². The molecule has 0 fully saturated rings. The van der Waals surface area contributed by atoms with E-state index in [4.69, 9.17) is 0 Å². The van der Waals surface area contributed by atoms with Gasteiger partial charge in [-0.05, 0) is 92.1 Å². The van der Waals surface area contributed by atoms with E-state index < -0.39 is 5.60 Å². The minimum absolute atomic E-state index is 0.264. The van der Waals surface area contributed by atoms with Gasteiger partial charge in [0.15, 0.2) is 0 Å². The number of pyridine rings is 2. The third-order valence-electron chi connectivity index (χ3n) is 6.70. The number of carbonyl (C=O) groups excluding carboxylic acids is 2. The Morgan fingerprint density at radius 2 is 1.27 bits per heavy atom. The monoisotopic (exact) mass is 590 g/mol. The minimum Gasteiger partial charge on any atom is -0.386 e. The number of imidazole rings is 2. The molecule has 6 rings (SSSR count). The summed E-state index contributed by atoms with van der Waals surface area (Å²) in [5.74, 6) is -0.954. The molecule has 0 atom stereocenters. The highest BCUT2D eigenvalue weighted by Gasteiger charge is 2.18. The van der Waals surface area contributed by atoms with Gasteiger partial charge in [-0.15, -0.1) is 0 Å². The SMILES string of the molecule is C=C(C)c1ccc2nc(C(=O)Nc3ccc(F)cc3)cn2c1.CC(C)(O)c1ccc2nc(C(=O)Nc3ccccc3)cn2c1. The van der Waals surface area contributed by atoms with Gasteiger partial charge in [-0.1, -0.05) is 30.8 Å². The van der Waals surface area contributed by atoms with Crippen molar-refractivity contribution in [2.45, 2.75) is 26.4 Å². The predicted molar refractivity (Wildman–Crippen MR) is 169 cm³/mol. The van der Waals surface area contributed by atoms with Crippen molar-refractivity contribution in [1.29, 1.82) is 0 Å². The fraction of sp³-hybridized carbons (Fsp3) is 0.118. The van der Waals surface area contributed by atoms with E-state index in [0.29, 0.717) is 28.4 Å². The van der Waals surface area contributed by atoms with Crippen LogP contribution in [-0.2, 0) is 5.60 Å². The summed E-state index contributed by atoms with van der Waals surface area (Å²) in [7, 11) is 0. The molecule has 4 heterocycles. The number of nitrogens with zero attached hydrogens (tertiary/aromatic N) is 4. The van der Waals surface area contributed by atoms with Crippen LogP contribution in [0.3, 0.4) is 0 Å². The Morgan fingerprint density at radius 3 is 1.82 bits per heavy atom. The summed E-state index contributed by atoms with van der Waals surface area (Å²) in [6, 6.07) is 22.2. The number of amides is 2. The quantitative estimate of drug-likeness (QED) is 0.203. The van der Waals surface area contributed by atoms with Gasteiger partial charge in [-0.25, -0.2) is 14.4 Å². The van der Waals surface area contributed by atoms with E-state index in [9.17, 15) is 19.1 Å². The number of hydrogen-bond acceptors (Lipinski definition) is 5. The smallest absolute Gasteiger partial charge is 0.275 e. The zero-order valence-corrected chi connectivity index (χ0v) is 24.5. The van der Waals surface area contributed by atoms with Crippen LogP contribution < -0.4 is 10.6 Å². The summed E-state index contributed by atoms with van der Waals surface area (Å²) < 4.78 is 16.4. The molecule has 44 heavy (non-hydrogen) atoms. The minimum atomic E-state index is -0.940. The molecule has 10 heteroatoms. The first kappa shape index (κ1) is 29.9.